The van der Waals surface area contributed by atoms with E-state index in [1.165, 1.54) is 12.8 Å². The van der Waals surface area contributed by atoms with E-state index in [-0.39, 0.29) is 0 Å². The van der Waals surface area contributed by atoms with Crippen molar-refractivity contribution in [3.8, 4) is 0 Å². The molecule has 1 unspecified atom stereocenters. The molecule has 3 nitrogen and oxygen atoms in total. The van der Waals surface area contributed by atoms with Crippen LogP contribution in [0.3, 0.4) is 0 Å². The third kappa shape index (κ3) is 5.11. The minimum atomic E-state index is -0.468. The highest BCUT2D eigenvalue weighted by atomic mass is 35.5. The first-order valence-corrected chi connectivity index (χ1v) is 7.17. The molecular formula is C15H22ClNO2. The molecule has 1 aromatic rings. The van der Waals surface area contributed by atoms with Crippen molar-refractivity contribution in [1.29, 1.82) is 0 Å². The molecule has 19 heavy (non-hydrogen) atoms. The number of nitrogens with one attached hydrogen (secondary N) is 1. The summed E-state index contributed by atoms with van der Waals surface area (Å²) in [6.45, 7) is 4.59. The minimum absolute atomic E-state index is 0.328. The summed E-state index contributed by atoms with van der Waals surface area (Å²) in [4.78, 5) is 0. The zero-order valence-electron chi connectivity index (χ0n) is 11.4. The second kappa shape index (κ2) is 6.71. The summed E-state index contributed by atoms with van der Waals surface area (Å²) < 4.78 is 5.49. The highest BCUT2D eigenvalue weighted by molar-refractivity contribution is 6.31. The number of aliphatic hydroxyl groups excluding tert-OH is 1. The van der Waals surface area contributed by atoms with Gasteiger partial charge in [-0.25, -0.2) is 0 Å². The normalized spacial score (nSPS) is 18.3. The molecule has 0 spiro atoms. The molecule has 1 fully saturated rings. The topological polar surface area (TPSA) is 41.5 Å². The van der Waals surface area contributed by atoms with Crippen LogP contribution in [0.15, 0.2) is 24.3 Å². The third-order valence-electron chi connectivity index (χ3n) is 3.56. The molecule has 4 heteroatoms. The van der Waals surface area contributed by atoms with Crippen LogP contribution in [0, 0.1) is 5.41 Å². The van der Waals surface area contributed by atoms with Crippen molar-refractivity contribution >= 4 is 11.6 Å². The van der Waals surface area contributed by atoms with Gasteiger partial charge in [0.1, 0.15) is 0 Å². The van der Waals surface area contributed by atoms with Gasteiger partial charge in [0.25, 0.3) is 0 Å². The lowest BCUT2D eigenvalue weighted by atomic mass is 10.1. The first-order chi connectivity index (χ1) is 9.09. The number of benzene rings is 1. The van der Waals surface area contributed by atoms with Gasteiger partial charge in [-0.05, 0) is 29.9 Å². The average molecular weight is 284 g/mol. The van der Waals surface area contributed by atoms with Crippen LogP contribution in [0.25, 0.3) is 0 Å². The van der Waals surface area contributed by atoms with Crippen LogP contribution in [-0.2, 0) is 11.3 Å². The van der Waals surface area contributed by atoms with Gasteiger partial charge in [-0.3, -0.25) is 0 Å². The Morgan fingerprint density at radius 3 is 2.84 bits per heavy atom. The summed E-state index contributed by atoms with van der Waals surface area (Å²) in [5.74, 6) is 0. The molecule has 0 saturated heterocycles. The summed E-state index contributed by atoms with van der Waals surface area (Å²) in [5.41, 5.74) is 1.42. The van der Waals surface area contributed by atoms with Crippen molar-refractivity contribution in [2.75, 3.05) is 19.7 Å². The molecule has 0 radical (unpaired) electrons. The van der Waals surface area contributed by atoms with Crippen molar-refractivity contribution in [2.45, 2.75) is 32.5 Å². The van der Waals surface area contributed by atoms with Crippen LogP contribution < -0.4 is 5.32 Å². The second-order valence-corrected chi connectivity index (χ2v) is 6.11. The van der Waals surface area contributed by atoms with Gasteiger partial charge < -0.3 is 15.2 Å². The molecule has 1 saturated carbocycles. The van der Waals surface area contributed by atoms with E-state index >= 15 is 0 Å². The van der Waals surface area contributed by atoms with Gasteiger partial charge in [-0.15, -0.1) is 0 Å². The molecular weight excluding hydrogens is 262 g/mol. The number of hydrogen-bond acceptors (Lipinski definition) is 3. The number of ether oxygens (including phenoxy) is 1. The summed E-state index contributed by atoms with van der Waals surface area (Å²) in [5, 5.41) is 13.8. The van der Waals surface area contributed by atoms with Gasteiger partial charge in [0.05, 0.1) is 19.3 Å². The summed E-state index contributed by atoms with van der Waals surface area (Å²) in [6, 6.07) is 7.59. The molecule has 2 N–H and O–H groups in total. The van der Waals surface area contributed by atoms with E-state index in [9.17, 15) is 5.11 Å². The van der Waals surface area contributed by atoms with E-state index in [0.717, 1.165) is 12.1 Å². The molecule has 1 atom stereocenters. The SMILES string of the molecule is CC1(CNCC(O)COCc2ccccc2Cl)CC1. The van der Waals surface area contributed by atoms with E-state index in [2.05, 4.69) is 12.2 Å². The van der Waals surface area contributed by atoms with Crippen molar-refractivity contribution < 1.29 is 9.84 Å². The summed E-state index contributed by atoms with van der Waals surface area (Å²) >= 11 is 6.03. The maximum atomic E-state index is 9.79. The Morgan fingerprint density at radius 1 is 1.42 bits per heavy atom. The Kier molecular flexibility index (Phi) is 5.22. The Morgan fingerprint density at radius 2 is 2.16 bits per heavy atom. The largest absolute Gasteiger partial charge is 0.389 e. The highest BCUT2D eigenvalue weighted by Gasteiger charge is 2.36. The number of hydrogen-bond donors (Lipinski definition) is 2. The van der Waals surface area contributed by atoms with E-state index in [4.69, 9.17) is 16.3 Å². The van der Waals surface area contributed by atoms with Crippen molar-refractivity contribution in [3.63, 3.8) is 0 Å². The Labute approximate surface area is 119 Å². The smallest absolute Gasteiger partial charge is 0.0897 e. The standard InChI is InChI=1S/C15H22ClNO2/c1-15(6-7-15)11-17-8-13(18)10-19-9-12-4-2-3-5-14(12)16/h2-5,13,17-18H,6-11H2,1H3. The van der Waals surface area contributed by atoms with Crippen molar-refractivity contribution in [3.05, 3.63) is 34.9 Å². The van der Waals surface area contributed by atoms with Crippen molar-refractivity contribution in [2.24, 2.45) is 5.41 Å². The lowest BCUT2D eigenvalue weighted by molar-refractivity contribution is 0.0285. The highest BCUT2D eigenvalue weighted by Crippen LogP contribution is 2.43. The summed E-state index contributed by atoms with van der Waals surface area (Å²) in [7, 11) is 0. The van der Waals surface area contributed by atoms with Gasteiger partial charge in [0, 0.05) is 18.1 Å². The fourth-order valence-electron chi connectivity index (χ4n) is 1.91. The maximum absolute atomic E-state index is 9.79. The van der Waals surface area contributed by atoms with Crippen LogP contribution in [0.1, 0.15) is 25.3 Å². The summed E-state index contributed by atoms with van der Waals surface area (Å²) in [6.07, 6.45) is 2.11. The van der Waals surface area contributed by atoms with Gasteiger partial charge >= 0.3 is 0 Å². The van der Waals surface area contributed by atoms with Crippen LogP contribution in [0.4, 0.5) is 0 Å². The van der Waals surface area contributed by atoms with E-state index in [1.54, 1.807) is 0 Å². The van der Waals surface area contributed by atoms with Gasteiger partial charge in [0.15, 0.2) is 0 Å². The zero-order chi connectivity index (χ0) is 13.7. The fraction of sp³-hybridized carbons (Fsp3) is 0.600. The lowest BCUT2D eigenvalue weighted by Crippen LogP contribution is -2.33. The predicted molar refractivity (Wildman–Crippen MR) is 77.3 cm³/mol. The van der Waals surface area contributed by atoms with Crippen LogP contribution in [0.2, 0.25) is 5.02 Å². The van der Waals surface area contributed by atoms with Crippen LogP contribution in [0.5, 0.6) is 0 Å². The van der Waals surface area contributed by atoms with Gasteiger partial charge in [-0.2, -0.15) is 0 Å². The molecule has 0 aliphatic heterocycles. The molecule has 106 valence electrons. The maximum Gasteiger partial charge on any atom is 0.0897 e. The lowest BCUT2D eigenvalue weighted by Gasteiger charge is -2.15. The molecule has 1 aromatic carbocycles. The molecule has 0 bridgehead atoms. The average Bonchev–Trinajstić information content (AvgIpc) is 3.10. The Bertz CT molecular complexity index is 407. The van der Waals surface area contributed by atoms with Crippen LogP contribution >= 0.6 is 11.6 Å². The molecule has 2 rings (SSSR count). The second-order valence-electron chi connectivity index (χ2n) is 5.70. The quantitative estimate of drug-likeness (QED) is 0.771. The number of aliphatic hydroxyl groups is 1. The minimum Gasteiger partial charge on any atom is -0.389 e. The molecule has 0 heterocycles. The monoisotopic (exact) mass is 283 g/mol. The molecule has 0 aromatic heterocycles. The van der Waals surface area contributed by atoms with E-state index < -0.39 is 6.10 Å². The van der Waals surface area contributed by atoms with Gasteiger partial charge in [0.2, 0.25) is 0 Å². The fourth-order valence-corrected chi connectivity index (χ4v) is 2.10. The van der Waals surface area contributed by atoms with E-state index in [0.29, 0.717) is 30.2 Å². The number of rotatable bonds is 8. The third-order valence-corrected chi connectivity index (χ3v) is 3.93. The molecule has 1 aliphatic carbocycles. The van der Waals surface area contributed by atoms with Crippen molar-refractivity contribution in [1.82, 2.24) is 5.32 Å². The first kappa shape index (κ1) is 14.8. The molecule has 1 aliphatic rings. The Hall–Kier alpha value is -0.610. The van der Waals surface area contributed by atoms with Crippen LogP contribution in [-0.4, -0.2) is 30.9 Å². The number of halogens is 1. The van der Waals surface area contributed by atoms with Gasteiger partial charge in [-0.1, -0.05) is 36.7 Å². The first-order valence-electron chi connectivity index (χ1n) is 6.79. The molecule has 0 amide bonds. The Balaban J connectivity index is 1.58. The zero-order valence-corrected chi connectivity index (χ0v) is 12.1. The predicted octanol–water partition coefficient (Wildman–Crippen LogP) is 2.61. The van der Waals surface area contributed by atoms with E-state index in [1.807, 2.05) is 24.3 Å².